The number of nitrogens with zero attached hydrogens (tertiary/aromatic N) is 1. The minimum atomic E-state index is 0. The fraction of sp³-hybridized carbons (Fsp3) is 0.562. The summed E-state index contributed by atoms with van der Waals surface area (Å²) in [4.78, 5) is 15.4. The van der Waals surface area contributed by atoms with Gasteiger partial charge in [0.05, 0.1) is 0 Å². The molecular formula is C16H24BrClN2OS. The van der Waals surface area contributed by atoms with Crippen LogP contribution in [0, 0.1) is 5.92 Å². The van der Waals surface area contributed by atoms with Gasteiger partial charge in [-0.2, -0.15) is 0 Å². The van der Waals surface area contributed by atoms with Crippen molar-refractivity contribution in [2.24, 2.45) is 5.92 Å². The van der Waals surface area contributed by atoms with Crippen LogP contribution >= 0.6 is 40.1 Å². The minimum absolute atomic E-state index is 0. The molecule has 1 atom stereocenters. The van der Waals surface area contributed by atoms with Crippen LogP contribution < -0.4 is 5.32 Å². The van der Waals surface area contributed by atoms with Crippen LogP contribution in [0.2, 0.25) is 0 Å². The molecule has 1 amide bonds. The zero-order valence-corrected chi connectivity index (χ0v) is 16.1. The largest absolute Gasteiger partial charge is 0.342 e. The molecule has 0 radical (unpaired) electrons. The van der Waals surface area contributed by atoms with Gasteiger partial charge in [0.25, 0.3) is 0 Å². The van der Waals surface area contributed by atoms with Crippen LogP contribution in [-0.2, 0) is 4.79 Å². The van der Waals surface area contributed by atoms with E-state index in [0.717, 1.165) is 42.7 Å². The van der Waals surface area contributed by atoms with E-state index in [1.807, 2.05) is 23.7 Å². The quantitative estimate of drug-likeness (QED) is 0.551. The number of carbonyl (C=O) groups excluding carboxylic acids is 1. The number of hydrogen-bond donors (Lipinski definition) is 1. The third kappa shape index (κ3) is 6.49. The van der Waals surface area contributed by atoms with Gasteiger partial charge in [-0.25, -0.2) is 0 Å². The molecule has 6 heteroatoms. The van der Waals surface area contributed by atoms with Crippen molar-refractivity contribution >= 4 is 46.0 Å². The van der Waals surface area contributed by atoms with Gasteiger partial charge in [-0.05, 0) is 62.4 Å². The summed E-state index contributed by atoms with van der Waals surface area (Å²) >= 11 is 5.26. The standard InChI is InChI=1S/C16H23BrN2OS.ClH/c1-18-11-13-8-9-19(12-13)16(20)3-2-10-21-15-6-4-14(17)5-7-15;/h4-7,13,18H,2-3,8-12H2,1H3;1H. The first-order chi connectivity index (χ1) is 10.2. The maximum absolute atomic E-state index is 12.1. The maximum Gasteiger partial charge on any atom is 0.222 e. The van der Waals surface area contributed by atoms with Gasteiger partial charge in [0, 0.05) is 28.9 Å². The Kier molecular flexibility index (Phi) is 9.48. The van der Waals surface area contributed by atoms with Crippen LogP contribution in [0.15, 0.2) is 33.6 Å². The van der Waals surface area contributed by atoms with Crippen LogP contribution in [0.5, 0.6) is 0 Å². The molecule has 1 saturated heterocycles. The average molecular weight is 408 g/mol. The van der Waals surface area contributed by atoms with Crippen molar-refractivity contribution in [1.82, 2.24) is 10.2 Å². The van der Waals surface area contributed by atoms with E-state index in [9.17, 15) is 4.79 Å². The molecule has 2 rings (SSSR count). The lowest BCUT2D eigenvalue weighted by atomic mass is 10.1. The molecule has 3 nitrogen and oxygen atoms in total. The van der Waals surface area contributed by atoms with Crippen molar-refractivity contribution < 1.29 is 4.79 Å². The summed E-state index contributed by atoms with van der Waals surface area (Å²) in [5.74, 6) is 1.96. The van der Waals surface area contributed by atoms with Crippen LogP contribution in [0.1, 0.15) is 19.3 Å². The number of nitrogens with one attached hydrogen (secondary N) is 1. The molecule has 0 bridgehead atoms. The third-order valence-electron chi connectivity index (χ3n) is 3.75. The molecule has 1 fully saturated rings. The second-order valence-electron chi connectivity index (χ2n) is 5.46. The highest BCUT2D eigenvalue weighted by Gasteiger charge is 2.24. The average Bonchev–Trinajstić information content (AvgIpc) is 2.94. The predicted molar refractivity (Wildman–Crippen MR) is 100.0 cm³/mol. The molecular weight excluding hydrogens is 384 g/mol. The van der Waals surface area contributed by atoms with E-state index in [4.69, 9.17) is 0 Å². The van der Waals surface area contributed by atoms with Crippen molar-refractivity contribution in [2.75, 3.05) is 32.4 Å². The second-order valence-corrected chi connectivity index (χ2v) is 7.54. The predicted octanol–water partition coefficient (Wildman–Crippen LogP) is 3.81. The summed E-state index contributed by atoms with van der Waals surface area (Å²) in [7, 11) is 1.98. The molecule has 1 heterocycles. The zero-order valence-electron chi connectivity index (χ0n) is 12.9. The van der Waals surface area contributed by atoms with Gasteiger partial charge in [0.15, 0.2) is 0 Å². The van der Waals surface area contributed by atoms with Gasteiger partial charge in [0.1, 0.15) is 0 Å². The lowest BCUT2D eigenvalue weighted by Gasteiger charge is -2.16. The van der Waals surface area contributed by atoms with Gasteiger partial charge in [-0.3, -0.25) is 4.79 Å². The minimum Gasteiger partial charge on any atom is -0.342 e. The summed E-state index contributed by atoms with van der Waals surface area (Å²) in [6, 6.07) is 8.33. The van der Waals surface area contributed by atoms with Crippen LogP contribution in [-0.4, -0.2) is 43.2 Å². The van der Waals surface area contributed by atoms with Gasteiger partial charge < -0.3 is 10.2 Å². The molecule has 1 aromatic carbocycles. The molecule has 1 N–H and O–H groups in total. The number of rotatable bonds is 7. The monoisotopic (exact) mass is 406 g/mol. The molecule has 124 valence electrons. The molecule has 1 aliphatic heterocycles. The van der Waals surface area contributed by atoms with E-state index in [2.05, 4.69) is 45.5 Å². The van der Waals surface area contributed by atoms with Gasteiger partial charge in [-0.1, -0.05) is 15.9 Å². The molecule has 0 saturated carbocycles. The van der Waals surface area contributed by atoms with Gasteiger partial charge >= 0.3 is 0 Å². The van der Waals surface area contributed by atoms with E-state index in [1.54, 1.807) is 0 Å². The highest BCUT2D eigenvalue weighted by Crippen LogP contribution is 2.22. The Morgan fingerprint density at radius 1 is 1.41 bits per heavy atom. The Labute approximate surface area is 152 Å². The Bertz CT molecular complexity index is 458. The Morgan fingerprint density at radius 3 is 2.82 bits per heavy atom. The Morgan fingerprint density at radius 2 is 2.14 bits per heavy atom. The SMILES string of the molecule is CNCC1CCN(C(=O)CCCSc2ccc(Br)cc2)C1.Cl. The van der Waals surface area contributed by atoms with Crippen LogP contribution in [0.25, 0.3) is 0 Å². The molecule has 0 aliphatic carbocycles. The van der Waals surface area contributed by atoms with Crippen molar-refractivity contribution in [3.63, 3.8) is 0 Å². The van der Waals surface area contributed by atoms with E-state index in [0.29, 0.717) is 18.2 Å². The molecule has 1 aliphatic rings. The van der Waals surface area contributed by atoms with E-state index >= 15 is 0 Å². The zero-order chi connectivity index (χ0) is 15.1. The smallest absolute Gasteiger partial charge is 0.222 e. The number of halogens is 2. The lowest BCUT2D eigenvalue weighted by molar-refractivity contribution is -0.130. The molecule has 1 unspecified atom stereocenters. The number of amides is 1. The molecule has 1 aromatic rings. The number of likely N-dealkylation sites (tertiary alicyclic amines) is 1. The maximum atomic E-state index is 12.1. The van der Waals surface area contributed by atoms with Crippen LogP contribution in [0.4, 0.5) is 0 Å². The van der Waals surface area contributed by atoms with E-state index in [1.165, 1.54) is 4.90 Å². The van der Waals surface area contributed by atoms with Crippen LogP contribution in [0.3, 0.4) is 0 Å². The molecule has 22 heavy (non-hydrogen) atoms. The fourth-order valence-electron chi connectivity index (χ4n) is 2.62. The summed E-state index contributed by atoms with van der Waals surface area (Å²) in [6.45, 7) is 2.88. The Hall–Kier alpha value is -0.230. The summed E-state index contributed by atoms with van der Waals surface area (Å²) in [5, 5.41) is 3.20. The first-order valence-electron chi connectivity index (χ1n) is 7.50. The second kappa shape index (κ2) is 10.5. The highest BCUT2D eigenvalue weighted by atomic mass is 79.9. The van der Waals surface area contributed by atoms with E-state index < -0.39 is 0 Å². The summed E-state index contributed by atoms with van der Waals surface area (Å²) < 4.78 is 1.10. The van der Waals surface area contributed by atoms with Gasteiger partial charge in [0.2, 0.25) is 5.91 Å². The number of hydrogen-bond acceptors (Lipinski definition) is 3. The number of thioether (sulfide) groups is 1. The summed E-state index contributed by atoms with van der Waals surface area (Å²) in [6.07, 6.45) is 2.77. The lowest BCUT2D eigenvalue weighted by Crippen LogP contribution is -2.30. The summed E-state index contributed by atoms with van der Waals surface area (Å²) in [5.41, 5.74) is 0. The first kappa shape index (κ1) is 19.8. The highest BCUT2D eigenvalue weighted by molar-refractivity contribution is 9.10. The van der Waals surface area contributed by atoms with E-state index in [-0.39, 0.29) is 12.4 Å². The van der Waals surface area contributed by atoms with Crippen molar-refractivity contribution in [3.8, 4) is 0 Å². The van der Waals surface area contributed by atoms with Gasteiger partial charge in [-0.15, -0.1) is 24.2 Å². The Balaban J connectivity index is 0.00000242. The van der Waals surface area contributed by atoms with Crippen molar-refractivity contribution in [2.45, 2.75) is 24.2 Å². The van der Waals surface area contributed by atoms with Crippen molar-refractivity contribution in [1.29, 1.82) is 0 Å². The normalized spacial score (nSPS) is 17.4. The molecule has 0 aromatic heterocycles. The first-order valence-corrected chi connectivity index (χ1v) is 9.27. The topological polar surface area (TPSA) is 32.3 Å². The number of carbonyl (C=O) groups is 1. The number of benzene rings is 1. The third-order valence-corrected chi connectivity index (χ3v) is 5.38. The van der Waals surface area contributed by atoms with Crippen molar-refractivity contribution in [3.05, 3.63) is 28.7 Å². The molecule has 0 spiro atoms. The fourth-order valence-corrected chi connectivity index (χ4v) is 3.73.